The van der Waals surface area contributed by atoms with Crippen LogP contribution in [0.15, 0.2) is 18.2 Å². The zero-order valence-electron chi connectivity index (χ0n) is 5.07. The highest BCUT2D eigenvalue weighted by molar-refractivity contribution is 14.1. The van der Waals surface area contributed by atoms with Crippen LogP contribution in [-0.2, 0) is 4.43 Å². The van der Waals surface area contributed by atoms with Crippen molar-refractivity contribution in [3.8, 4) is 0 Å². The van der Waals surface area contributed by atoms with Crippen molar-refractivity contribution in [2.24, 2.45) is 0 Å². The van der Waals surface area contributed by atoms with Gasteiger partial charge in [0.05, 0.1) is 0 Å². The molecule has 10 heavy (non-hydrogen) atoms. The Morgan fingerprint density at radius 3 is 2.60 bits per heavy atom. The van der Waals surface area contributed by atoms with E-state index in [-0.39, 0.29) is 5.82 Å². The van der Waals surface area contributed by atoms with Crippen LogP contribution in [0.2, 0.25) is 5.02 Å². The predicted octanol–water partition coefficient (Wildman–Crippen LogP) is 3.41. The van der Waals surface area contributed by atoms with Crippen LogP contribution in [0.25, 0.3) is 0 Å². The molecule has 1 aromatic carbocycles. The van der Waals surface area contributed by atoms with Crippen LogP contribution in [-0.4, -0.2) is 0 Å². The molecule has 0 N–H and O–H groups in total. The fourth-order valence-electron chi connectivity index (χ4n) is 0.660. The third-order valence-corrected chi connectivity index (χ3v) is 2.31. The van der Waals surface area contributed by atoms with Gasteiger partial charge in [0, 0.05) is 15.0 Å². The molecule has 0 nitrogen and oxygen atoms in total. The van der Waals surface area contributed by atoms with Gasteiger partial charge in [-0.05, 0) is 12.1 Å². The van der Waals surface area contributed by atoms with Crippen LogP contribution in [0, 0.1) is 5.82 Å². The van der Waals surface area contributed by atoms with Gasteiger partial charge in [-0.3, -0.25) is 0 Å². The van der Waals surface area contributed by atoms with Crippen LogP contribution in [0.4, 0.5) is 4.39 Å². The van der Waals surface area contributed by atoms with E-state index in [2.05, 4.69) is 22.6 Å². The van der Waals surface area contributed by atoms with Gasteiger partial charge < -0.3 is 0 Å². The molecule has 0 saturated heterocycles. The standard InChI is InChI=1S/C7H5ClFI/c8-6-2-1-3-7(9)5(6)4-10/h1-3H,4H2. The van der Waals surface area contributed by atoms with Gasteiger partial charge in [0.2, 0.25) is 0 Å². The van der Waals surface area contributed by atoms with Gasteiger partial charge in [0.25, 0.3) is 0 Å². The monoisotopic (exact) mass is 270 g/mol. The predicted molar refractivity (Wildman–Crippen MR) is 49.1 cm³/mol. The summed E-state index contributed by atoms with van der Waals surface area (Å²) in [5, 5.41) is 0.509. The highest BCUT2D eigenvalue weighted by atomic mass is 127. The summed E-state index contributed by atoms with van der Waals surface area (Å²) in [7, 11) is 0. The van der Waals surface area contributed by atoms with Crippen molar-refractivity contribution in [3.05, 3.63) is 34.6 Å². The lowest BCUT2D eigenvalue weighted by Crippen LogP contribution is -1.85. The largest absolute Gasteiger partial charge is 0.207 e. The van der Waals surface area contributed by atoms with E-state index in [4.69, 9.17) is 11.6 Å². The number of alkyl halides is 1. The van der Waals surface area contributed by atoms with Gasteiger partial charge in [-0.25, -0.2) is 4.39 Å². The second kappa shape index (κ2) is 3.53. The Bertz CT molecular complexity index is 217. The molecule has 0 aromatic heterocycles. The number of halogens is 3. The van der Waals surface area contributed by atoms with Crippen molar-refractivity contribution in [1.82, 2.24) is 0 Å². The zero-order valence-corrected chi connectivity index (χ0v) is 7.99. The first-order valence-corrected chi connectivity index (χ1v) is 4.65. The number of benzene rings is 1. The van der Waals surface area contributed by atoms with Gasteiger partial charge in [0.15, 0.2) is 0 Å². The van der Waals surface area contributed by atoms with E-state index < -0.39 is 0 Å². The second-order valence-corrected chi connectivity index (χ2v) is 3.00. The summed E-state index contributed by atoms with van der Waals surface area (Å²) in [6.07, 6.45) is 0. The minimum atomic E-state index is -0.220. The van der Waals surface area contributed by atoms with E-state index in [0.717, 1.165) is 0 Å². The number of hydrogen-bond donors (Lipinski definition) is 0. The van der Waals surface area contributed by atoms with Crippen LogP contribution in [0.5, 0.6) is 0 Å². The molecule has 0 fully saturated rings. The molecule has 0 spiro atoms. The van der Waals surface area contributed by atoms with Crippen molar-refractivity contribution >= 4 is 34.2 Å². The highest BCUT2D eigenvalue weighted by Crippen LogP contribution is 2.21. The Hall–Kier alpha value is 0.170. The fraction of sp³-hybridized carbons (Fsp3) is 0.143. The zero-order chi connectivity index (χ0) is 7.56. The summed E-state index contributed by atoms with van der Waals surface area (Å²) in [4.78, 5) is 0. The minimum absolute atomic E-state index is 0.220. The molecule has 0 saturated carbocycles. The van der Waals surface area contributed by atoms with Gasteiger partial charge in [-0.2, -0.15) is 0 Å². The summed E-state index contributed by atoms with van der Waals surface area (Å²) in [5.74, 6) is -0.220. The Labute approximate surface area is 77.5 Å². The van der Waals surface area contributed by atoms with Crippen molar-refractivity contribution in [2.45, 2.75) is 4.43 Å². The second-order valence-electron chi connectivity index (χ2n) is 1.83. The van der Waals surface area contributed by atoms with Crippen LogP contribution < -0.4 is 0 Å². The van der Waals surface area contributed by atoms with Gasteiger partial charge in [-0.1, -0.05) is 40.3 Å². The van der Waals surface area contributed by atoms with Crippen molar-refractivity contribution < 1.29 is 4.39 Å². The molecule has 0 heterocycles. The van der Waals surface area contributed by atoms with Gasteiger partial charge in [0.1, 0.15) is 5.82 Å². The Morgan fingerprint density at radius 1 is 1.50 bits per heavy atom. The molecular formula is C7H5ClFI. The van der Waals surface area contributed by atoms with E-state index in [1.807, 2.05) is 0 Å². The van der Waals surface area contributed by atoms with Gasteiger partial charge >= 0.3 is 0 Å². The minimum Gasteiger partial charge on any atom is -0.207 e. The lowest BCUT2D eigenvalue weighted by Gasteiger charge is -1.99. The summed E-state index contributed by atoms with van der Waals surface area (Å²) in [6.45, 7) is 0. The van der Waals surface area contributed by atoms with Crippen LogP contribution in [0.3, 0.4) is 0 Å². The van der Waals surface area contributed by atoms with Crippen molar-refractivity contribution in [3.63, 3.8) is 0 Å². The quantitative estimate of drug-likeness (QED) is 0.542. The molecule has 54 valence electrons. The summed E-state index contributed by atoms with van der Waals surface area (Å²) >= 11 is 7.76. The third kappa shape index (κ3) is 1.61. The maximum absolute atomic E-state index is 12.8. The molecule has 0 aliphatic carbocycles. The van der Waals surface area contributed by atoms with E-state index in [1.54, 1.807) is 12.1 Å². The normalized spacial score (nSPS) is 9.90. The molecule has 1 rings (SSSR count). The maximum Gasteiger partial charge on any atom is 0.128 e. The molecule has 3 heteroatoms. The summed E-state index contributed by atoms with van der Waals surface area (Å²) in [6, 6.07) is 4.71. The lowest BCUT2D eigenvalue weighted by molar-refractivity contribution is 0.618. The number of hydrogen-bond acceptors (Lipinski definition) is 0. The Kier molecular flexibility index (Phi) is 2.92. The first kappa shape index (κ1) is 8.27. The average molecular weight is 270 g/mol. The van der Waals surface area contributed by atoms with Crippen LogP contribution >= 0.6 is 34.2 Å². The molecule has 0 atom stereocenters. The first-order valence-electron chi connectivity index (χ1n) is 2.74. The van der Waals surface area contributed by atoms with E-state index in [1.165, 1.54) is 6.07 Å². The lowest BCUT2D eigenvalue weighted by atomic mass is 10.2. The average Bonchev–Trinajstić information content (AvgIpc) is 1.88. The topological polar surface area (TPSA) is 0 Å². The van der Waals surface area contributed by atoms with Crippen molar-refractivity contribution in [1.29, 1.82) is 0 Å². The molecule has 0 radical (unpaired) electrons. The highest BCUT2D eigenvalue weighted by Gasteiger charge is 2.02. The summed E-state index contributed by atoms with van der Waals surface area (Å²) in [5.41, 5.74) is 0.588. The van der Waals surface area contributed by atoms with E-state index in [0.29, 0.717) is 15.0 Å². The fourth-order valence-corrected chi connectivity index (χ4v) is 1.89. The molecule has 0 unspecified atom stereocenters. The maximum atomic E-state index is 12.8. The molecule has 0 bridgehead atoms. The number of rotatable bonds is 1. The van der Waals surface area contributed by atoms with Crippen molar-refractivity contribution in [2.75, 3.05) is 0 Å². The third-order valence-electron chi connectivity index (χ3n) is 1.20. The first-order chi connectivity index (χ1) is 4.75. The van der Waals surface area contributed by atoms with Crippen LogP contribution in [0.1, 0.15) is 5.56 Å². The Balaban J connectivity index is 3.17. The Morgan fingerprint density at radius 2 is 2.20 bits per heavy atom. The van der Waals surface area contributed by atoms with Gasteiger partial charge in [-0.15, -0.1) is 0 Å². The summed E-state index contributed by atoms with van der Waals surface area (Å²) < 4.78 is 13.4. The molecule has 1 aromatic rings. The molecule has 0 aliphatic heterocycles. The van der Waals surface area contributed by atoms with E-state index >= 15 is 0 Å². The molecular weight excluding hydrogens is 265 g/mol. The SMILES string of the molecule is Fc1cccc(Cl)c1CI. The molecule has 0 aliphatic rings. The smallest absolute Gasteiger partial charge is 0.128 e. The van der Waals surface area contributed by atoms with E-state index in [9.17, 15) is 4.39 Å². The molecule has 0 amide bonds.